The molecule has 0 aromatic heterocycles. The molecule has 0 spiro atoms. The Morgan fingerprint density at radius 3 is 2.18 bits per heavy atom. The molecule has 1 aliphatic rings. The van der Waals surface area contributed by atoms with Gasteiger partial charge >= 0.3 is 16.4 Å². The van der Waals surface area contributed by atoms with Crippen LogP contribution in [0.3, 0.4) is 0 Å². The third-order valence-electron chi connectivity index (χ3n) is 7.79. The molecule has 16 nitrogen and oxygen atoms in total. The van der Waals surface area contributed by atoms with Crippen molar-refractivity contribution < 1.29 is 61.1 Å². The standard InChI is InChI=1S/C33H45N3O13S.Na/c1-2-3-13-26(38)36(20-10-5-4-9-19-34-31(41)22-11-7-6-8-12-22)21-18-25(37)35-23-14-16-24(17-15-23)47-33-30(49-50(44,45)46)28(40)27(39)29(48-33)32(42)43;/h6-8,11-12,14-17,27-30,33,39-40H,2-5,9-10,13,18-21H2,1H3,(H,34,41)(H,35,37)(H,42,43)(H,44,45,46);/t27-,28-,29+,30+,33+;/m0./s1. The van der Waals surface area contributed by atoms with Crippen molar-refractivity contribution >= 4 is 69.3 Å². The molecule has 3 rings (SSSR count). The molecule has 0 aliphatic carbocycles. The van der Waals surface area contributed by atoms with E-state index in [0.717, 1.165) is 38.5 Å². The molecule has 2 aromatic carbocycles. The smallest absolute Gasteiger partial charge is 0.397 e. The van der Waals surface area contributed by atoms with Crippen molar-refractivity contribution in [3.63, 3.8) is 0 Å². The van der Waals surface area contributed by atoms with Crippen LogP contribution < -0.4 is 15.4 Å². The average molecular weight is 747 g/mol. The van der Waals surface area contributed by atoms with Crippen molar-refractivity contribution in [1.82, 2.24) is 10.2 Å². The number of benzene rings is 2. The predicted octanol–water partition coefficient (Wildman–Crippen LogP) is 1.74. The van der Waals surface area contributed by atoms with E-state index in [4.69, 9.17) is 14.0 Å². The van der Waals surface area contributed by atoms with Crippen molar-refractivity contribution in [2.45, 2.75) is 89.0 Å². The molecule has 51 heavy (non-hydrogen) atoms. The van der Waals surface area contributed by atoms with E-state index in [1.165, 1.54) is 24.3 Å². The van der Waals surface area contributed by atoms with Gasteiger partial charge in [0.05, 0.1) is 0 Å². The average Bonchev–Trinajstić information content (AvgIpc) is 3.08. The third kappa shape index (κ3) is 15.2. The summed E-state index contributed by atoms with van der Waals surface area (Å²) in [6.07, 6.45) is -4.84. The number of aliphatic hydroxyl groups excluding tert-OH is 2. The zero-order valence-electron chi connectivity index (χ0n) is 28.7. The van der Waals surface area contributed by atoms with Crippen LogP contribution in [0.2, 0.25) is 0 Å². The molecule has 1 fully saturated rings. The van der Waals surface area contributed by atoms with E-state index in [9.17, 15) is 42.9 Å². The van der Waals surface area contributed by atoms with Gasteiger partial charge in [-0.2, -0.15) is 8.42 Å². The van der Waals surface area contributed by atoms with Crippen LogP contribution >= 0.6 is 0 Å². The number of anilines is 1. The molecule has 1 aliphatic heterocycles. The van der Waals surface area contributed by atoms with Crippen molar-refractivity contribution in [2.75, 3.05) is 25.0 Å². The minimum absolute atomic E-state index is 0. The van der Waals surface area contributed by atoms with Crippen LogP contribution in [0.5, 0.6) is 5.75 Å². The number of aliphatic carboxylic acids is 1. The number of nitrogens with one attached hydrogen (secondary N) is 2. The Hall–Kier alpha value is -3.13. The summed E-state index contributed by atoms with van der Waals surface area (Å²) in [7, 11) is -5.17. The second kappa shape index (κ2) is 22.1. The SMILES string of the molecule is CCCCC(=O)N(CCCCCCNC(=O)c1ccccc1)CCC(=O)Nc1ccc(O[C@@H]2O[C@@H](C(=O)O)[C@@H](O)[C@H](O)[C@H]2OS(=O)(=O)O)cc1.[Na]. The summed E-state index contributed by atoms with van der Waals surface area (Å²) >= 11 is 0. The first-order valence-corrected chi connectivity index (χ1v) is 17.7. The van der Waals surface area contributed by atoms with Gasteiger partial charge in [0.1, 0.15) is 18.0 Å². The maximum Gasteiger partial charge on any atom is 0.397 e. The zero-order chi connectivity index (χ0) is 36.7. The van der Waals surface area contributed by atoms with Crippen molar-refractivity contribution in [3.05, 3.63) is 60.2 Å². The largest absolute Gasteiger partial charge is 0.479 e. The summed E-state index contributed by atoms with van der Waals surface area (Å²) in [5, 5.41) is 35.2. The summed E-state index contributed by atoms with van der Waals surface area (Å²) < 4.78 is 46.6. The van der Waals surface area contributed by atoms with Crippen molar-refractivity contribution in [2.24, 2.45) is 0 Å². The Morgan fingerprint density at radius 1 is 0.882 bits per heavy atom. The fraction of sp³-hybridized carbons (Fsp3) is 0.515. The Kier molecular flexibility index (Phi) is 19.0. The first-order chi connectivity index (χ1) is 23.8. The summed E-state index contributed by atoms with van der Waals surface area (Å²) in [6, 6.07) is 14.5. The predicted molar refractivity (Wildman–Crippen MR) is 184 cm³/mol. The van der Waals surface area contributed by atoms with Crippen molar-refractivity contribution in [3.8, 4) is 5.75 Å². The second-order valence-corrected chi connectivity index (χ2v) is 12.7. The van der Waals surface area contributed by atoms with Gasteiger partial charge < -0.3 is 40.3 Å². The van der Waals surface area contributed by atoms with Crippen LogP contribution in [-0.4, -0.2) is 137 Å². The molecule has 0 unspecified atom stereocenters. The van der Waals surface area contributed by atoms with Gasteiger partial charge in [0.2, 0.25) is 18.1 Å². The van der Waals surface area contributed by atoms with Gasteiger partial charge in [0, 0.05) is 73.3 Å². The fourth-order valence-corrected chi connectivity index (χ4v) is 5.60. The van der Waals surface area contributed by atoms with E-state index in [2.05, 4.69) is 14.8 Å². The van der Waals surface area contributed by atoms with Gasteiger partial charge in [0.25, 0.3) is 5.91 Å². The number of rotatable bonds is 20. The summed E-state index contributed by atoms with van der Waals surface area (Å²) in [5.41, 5.74) is 0.957. The number of carboxylic acids is 1. The van der Waals surface area contributed by atoms with E-state index >= 15 is 0 Å². The second-order valence-electron chi connectivity index (χ2n) is 11.7. The maximum absolute atomic E-state index is 12.8. The first-order valence-electron chi connectivity index (χ1n) is 16.4. The van der Waals surface area contributed by atoms with Crippen molar-refractivity contribution in [1.29, 1.82) is 0 Å². The van der Waals surface area contributed by atoms with Crippen LogP contribution in [0.4, 0.5) is 5.69 Å². The van der Waals surface area contributed by atoms with Crippen LogP contribution in [0.25, 0.3) is 0 Å². The molecule has 0 bridgehead atoms. The number of hydrogen-bond donors (Lipinski definition) is 6. The van der Waals surface area contributed by atoms with Gasteiger partial charge in [0.15, 0.2) is 12.2 Å². The van der Waals surface area contributed by atoms with Gasteiger partial charge in [-0.25, -0.2) is 8.98 Å². The number of carbonyl (C=O) groups excluding carboxylic acids is 3. The number of amides is 3. The van der Waals surface area contributed by atoms with Gasteiger partial charge in [-0.05, 0) is 55.7 Å². The van der Waals surface area contributed by atoms with Crippen LogP contribution in [-0.2, 0) is 33.7 Å². The Bertz CT molecular complexity index is 1520. The summed E-state index contributed by atoms with van der Waals surface area (Å²) in [6.45, 7) is 3.26. The number of carbonyl (C=O) groups is 4. The zero-order valence-corrected chi connectivity index (χ0v) is 31.5. The number of aliphatic hydroxyl groups is 2. The quantitative estimate of drug-likeness (QED) is 0.0644. The minimum atomic E-state index is -5.17. The van der Waals surface area contributed by atoms with Crippen LogP contribution in [0.15, 0.2) is 54.6 Å². The number of unbranched alkanes of at least 4 members (excludes halogenated alkanes) is 4. The molecule has 6 N–H and O–H groups in total. The minimum Gasteiger partial charge on any atom is -0.479 e. The van der Waals surface area contributed by atoms with Gasteiger partial charge in [-0.15, -0.1) is 0 Å². The summed E-state index contributed by atoms with van der Waals surface area (Å²) in [4.78, 5) is 50.9. The Morgan fingerprint density at radius 2 is 1.55 bits per heavy atom. The van der Waals surface area contributed by atoms with E-state index in [-0.39, 0.29) is 66.0 Å². The first kappa shape index (κ1) is 44.0. The number of carboxylic acid groups (broad SMARTS) is 1. The molecular formula is C33H45N3NaO13S. The topological polar surface area (TPSA) is 238 Å². The number of ether oxygens (including phenoxy) is 2. The molecule has 1 saturated heterocycles. The van der Waals surface area contributed by atoms with E-state index in [1.54, 1.807) is 17.0 Å². The number of hydrogen-bond acceptors (Lipinski definition) is 11. The van der Waals surface area contributed by atoms with E-state index < -0.39 is 47.1 Å². The molecule has 0 saturated carbocycles. The molecule has 5 atom stereocenters. The van der Waals surface area contributed by atoms with Crippen LogP contribution in [0, 0.1) is 0 Å². The molecule has 18 heteroatoms. The van der Waals surface area contributed by atoms with Crippen LogP contribution in [0.1, 0.15) is 68.6 Å². The Balaban J connectivity index is 0.00000901. The molecule has 1 radical (unpaired) electrons. The monoisotopic (exact) mass is 746 g/mol. The van der Waals surface area contributed by atoms with E-state index in [1.807, 2.05) is 25.1 Å². The fourth-order valence-electron chi connectivity index (χ4n) is 5.11. The summed E-state index contributed by atoms with van der Waals surface area (Å²) in [5.74, 6) is -2.19. The maximum atomic E-state index is 12.8. The normalized spacial score (nSPS) is 20.0. The molecular weight excluding hydrogens is 701 g/mol. The van der Waals surface area contributed by atoms with E-state index in [0.29, 0.717) is 30.8 Å². The van der Waals surface area contributed by atoms with Gasteiger partial charge in [-0.1, -0.05) is 44.4 Å². The molecule has 277 valence electrons. The van der Waals surface area contributed by atoms with Gasteiger partial charge in [-0.3, -0.25) is 18.9 Å². The third-order valence-corrected chi connectivity index (χ3v) is 8.26. The number of nitrogens with zero attached hydrogens (tertiary/aromatic N) is 1. The Labute approximate surface area is 319 Å². The molecule has 2 aromatic rings. The molecule has 1 heterocycles. The molecule has 3 amide bonds.